The van der Waals surface area contributed by atoms with E-state index < -0.39 is 11.9 Å². The molecule has 1 unspecified atom stereocenters. The van der Waals surface area contributed by atoms with Crippen LogP contribution in [0.5, 0.6) is 0 Å². The molecular weight excluding hydrogens is 408 g/mol. The summed E-state index contributed by atoms with van der Waals surface area (Å²) in [5.41, 5.74) is 2.13. The Morgan fingerprint density at radius 1 is 1.03 bits per heavy atom. The van der Waals surface area contributed by atoms with Gasteiger partial charge in [0.25, 0.3) is 11.8 Å². The fourth-order valence-electron chi connectivity index (χ4n) is 3.13. The Bertz CT molecular complexity index is 1090. The molecule has 8 heteroatoms. The first-order chi connectivity index (χ1) is 15.4. The van der Waals surface area contributed by atoms with Crippen LogP contribution in [0.4, 0.5) is 0 Å². The van der Waals surface area contributed by atoms with Gasteiger partial charge in [-0.3, -0.25) is 19.4 Å². The van der Waals surface area contributed by atoms with Crippen LogP contribution < -0.4 is 16.0 Å². The van der Waals surface area contributed by atoms with Gasteiger partial charge in [0.2, 0.25) is 5.91 Å². The molecule has 2 heterocycles. The summed E-state index contributed by atoms with van der Waals surface area (Å²) in [6, 6.07) is 13.5. The summed E-state index contributed by atoms with van der Waals surface area (Å²) >= 11 is 0. The van der Waals surface area contributed by atoms with Gasteiger partial charge in [-0.15, -0.1) is 0 Å². The summed E-state index contributed by atoms with van der Waals surface area (Å²) in [6.07, 6.45) is 3.12. The van der Waals surface area contributed by atoms with Crippen molar-refractivity contribution in [2.24, 2.45) is 5.92 Å². The van der Waals surface area contributed by atoms with Gasteiger partial charge in [-0.1, -0.05) is 32.0 Å². The van der Waals surface area contributed by atoms with Crippen LogP contribution in [0.1, 0.15) is 40.3 Å². The van der Waals surface area contributed by atoms with Crippen molar-refractivity contribution in [2.75, 3.05) is 7.05 Å². The van der Waals surface area contributed by atoms with Gasteiger partial charge in [-0.2, -0.15) is 0 Å². The largest absolute Gasteiger partial charge is 0.451 e. The van der Waals surface area contributed by atoms with Crippen molar-refractivity contribution in [3.63, 3.8) is 0 Å². The van der Waals surface area contributed by atoms with Gasteiger partial charge in [0, 0.05) is 31.5 Å². The number of carbonyl (C=O) groups is 3. The number of pyridine rings is 1. The van der Waals surface area contributed by atoms with E-state index in [0.717, 1.165) is 11.1 Å². The molecule has 0 radical (unpaired) electrons. The number of hydrogen-bond donors (Lipinski definition) is 3. The topological polar surface area (TPSA) is 113 Å². The van der Waals surface area contributed by atoms with Crippen molar-refractivity contribution >= 4 is 17.7 Å². The second-order valence-corrected chi connectivity index (χ2v) is 7.60. The third-order valence-electron chi connectivity index (χ3n) is 4.90. The van der Waals surface area contributed by atoms with Gasteiger partial charge < -0.3 is 20.4 Å². The van der Waals surface area contributed by atoms with Crippen molar-refractivity contribution in [1.29, 1.82) is 0 Å². The molecule has 0 aliphatic heterocycles. The lowest BCUT2D eigenvalue weighted by Gasteiger charge is -2.19. The highest BCUT2D eigenvalue weighted by atomic mass is 16.4. The number of furan rings is 1. The lowest BCUT2D eigenvalue weighted by atomic mass is 10.0. The van der Waals surface area contributed by atoms with E-state index in [4.69, 9.17) is 4.42 Å². The molecular formula is C24H26N4O4. The van der Waals surface area contributed by atoms with Crippen LogP contribution in [0.2, 0.25) is 0 Å². The molecule has 0 saturated carbocycles. The van der Waals surface area contributed by atoms with Crippen LogP contribution >= 0.6 is 0 Å². The second kappa shape index (κ2) is 10.4. The van der Waals surface area contributed by atoms with Crippen LogP contribution in [0.15, 0.2) is 65.3 Å². The smallest absolute Gasteiger partial charge is 0.287 e. The zero-order chi connectivity index (χ0) is 23.1. The predicted octanol–water partition coefficient (Wildman–Crippen LogP) is 2.77. The average molecular weight is 434 g/mol. The number of nitrogens with one attached hydrogen (secondary N) is 3. The Morgan fingerprint density at radius 3 is 2.53 bits per heavy atom. The Morgan fingerprint density at radius 2 is 1.84 bits per heavy atom. The monoisotopic (exact) mass is 434 g/mol. The summed E-state index contributed by atoms with van der Waals surface area (Å²) in [5.74, 6) is -0.385. The van der Waals surface area contributed by atoms with E-state index in [1.807, 2.05) is 38.1 Å². The normalized spacial score (nSPS) is 11.6. The number of benzene rings is 1. The molecule has 166 valence electrons. The SMILES string of the molecule is CNC(=O)C(NC(=O)c1ccc(-c2cccc(CNC(=O)c3cccnc3)c2)o1)C(C)C. The van der Waals surface area contributed by atoms with Gasteiger partial charge in [0.05, 0.1) is 5.56 Å². The molecule has 0 aliphatic rings. The summed E-state index contributed by atoms with van der Waals surface area (Å²) < 4.78 is 5.74. The lowest BCUT2D eigenvalue weighted by molar-refractivity contribution is -0.123. The number of hydrogen-bond acceptors (Lipinski definition) is 5. The summed E-state index contributed by atoms with van der Waals surface area (Å²) in [6.45, 7) is 4.04. The predicted molar refractivity (Wildman–Crippen MR) is 120 cm³/mol. The molecule has 8 nitrogen and oxygen atoms in total. The molecule has 0 saturated heterocycles. The van der Waals surface area contributed by atoms with Crippen LogP contribution in [0, 0.1) is 5.92 Å². The maximum Gasteiger partial charge on any atom is 0.287 e. The summed E-state index contributed by atoms with van der Waals surface area (Å²) in [4.78, 5) is 40.7. The maximum atomic E-state index is 12.6. The zero-order valence-corrected chi connectivity index (χ0v) is 18.2. The van der Waals surface area contributed by atoms with Gasteiger partial charge in [0.15, 0.2) is 5.76 Å². The van der Waals surface area contributed by atoms with E-state index in [2.05, 4.69) is 20.9 Å². The number of aromatic nitrogens is 1. The minimum absolute atomic E-state index is 0.0770. The van der Waals surface area contributed by atoms with E-state index in [-0.39, 0.29) is 23.5 Å². The van der Waals surface area contributed by atoms with Crippen LogP contribution in [-0.4, -0.2) is 35.8 Å². The summed E-state index contributed by atoms with van der Waals surface area (Å²) in [5, 5.41) is 8.12. The Balaban J connectivity index is 1.67. The molecule has 3 N–H and O–H groups in total. The van der Waals surface area contributed by atoms with Crippen molar-refractivity contribution in [1.82, 2.24) is 20.9 Å². The molecule has 3 amide bonds. The first-order valence-electron chi connectivity index (χ1n) is 10.3. The van der Waals surface area contributed by atoms with E-state index in [1.165, 1.54) is 13.2 Å². The summed E-state index contributed by atoms with van der Waals surface area (Å²) in [7, 11) is 1.53. The van der Waals surface area contributed by atoms with Gasteiger partial charge >= 0.3 is 0 Å². The van der Waals surface area contributed by atoms with Crippen LogP contribution in [-0.2, 0) is 11.3 Å². The Kier molecular flexibility index (Phi) is 7.38. The number of likely N-dealkylation sites (N-methyl/N-ethyl adjacent to an activating group) is 1. The van der Waals surface area contributed by atoms with Crippen molar-refractivity contribution < 1.29 is 18.8 Å². The molecule has 3 rings (SSSR count). The quantitative estimate of drug-likeness (QED) is 0.505. The third-order valence-corrected chi connectivity index (χ3v) is 4.90. The maximum absolute atomic E-state index is 12.6. The molecule has 2 aromatic heterocycles. The van der Waals surface area contributed by atoms with E-state index in [9.17, 15) is 14.4 Å². The van der Waals surface area contributed by atoms with Gasteiger partial charge in [-0.05, 0) is 41.8 Å². The van der Waals surface area contributed by atoms with Gasteiger partial charge in [0.1, 0.15) is 11.8 Å². The second-order valence-electron chi connectivity index (χ2n) is 7.60. The average Bonchev–Trinajstić information content (AvgIpc) is 3.31. The van der Waals surface area contributed by atoms with Gasteiger partial charge in [-0.25, -0.2) is 0 Å². The van der Waals surface area contributed by atoms with Crippen molar-refractivity contribution in [3.8, 4) is 11.3 Å². The molecule has 0 bridgehead atoms. The molecule has 32 heavy (non-hydrogen) atoms. The number of nitrogens with zero attached hydrogens (tertiary/aromatic N) is 1. The van der Waals surface area contributed by atoms with E-state index in [1.54, 1.807) is 30.5 Å². The first-order valence-corrected chi connectivity index (χ1v) is 10.3. The lowest BCUT2D eigenvalue weighted by Crippen LogP contribution is -2.48. The van der Waals surface area contributed by atoms with Crippen LogP contribution in [0.3, 0.4) is 0 Å². The van der Waals surface area contributed by atoms with Crippen molar-refractivity contribution in [2.45, 2.75) is 26.4 Å². The zero-order valence-electron chi connectivity index (χ0n) is 18.2. The molecule has 0 spiro atoms. The molecule has 3 aromatic rings. The molecule has 0 aliphatic carbocycles. The highest BCUT2D eigenvalue weighted by Gasteiger charge is 2.25. The standard InChI is InChI=1S/C24H26N4O4/c1-15(2)21(24(31)25-3)28-23(30)20-10-9-19(32-20)17-7-4-6-16(12-17)13-27-22(29)18-8-5-11-26-14-18/h4-12,14-15,21H,13H2,1-3H3,(H,25,31)(H,27,29)(H,28,30). The molecule has 1 aromatic carbocycles. The number of amides is 3. The minimum atomic E-state index is -0.659. The number of rotatable bonds is 8. The highest BCUT2D eigenvalue weighted by molar-refractivity contribution is 5.96. The Labute approximate surface area is 186 Å². The Hall–Kier alpha value is -3.94. The van der Waals surface area contributed by atoms with Crippen molar-refractivity contribution in [3.05, 3.63) is 77.8 Å². The van der Waals surface area contributed by atoms with Crippen LogP contribution in [0.25, 0.3) is 11.3 Å². The fourth-order valence-corrected chi connectivity index (χ4v) is 3.13. The first kappa shape index (κ1) is 22.7. The highest BCUT2D eigenvalue weighted by Crippen LogP contribution is 2.23. The fraction of sp³-hybridized carbons (Fsp3) is 0.250. The third kappa shape index (κ3) is 5.60. The molecule has 0 fully saturated rings. The van der Waals surface area contributed by atoms with E-state index >= 15 is 0 Å². The van der Waals surface area contributed by atoms with E-state index in [0.29, 0.717) is 17.9 Å². The number of carbonyl (C=O) groups excluding carboxylic acids is 3. The molecule has 1 atom stereocenters. The minimum Gasteiger partial charge on any atom is -0.451 e.